The van der Waals surface area contributed by atoms with Gasteiger partial charge in [-0.2, -0.15) is 0 Å². The Morgan fingerprint density at radius 3 is 2.47 bits per heavy atom. The van der Waals surface area contributed by atoms with Gasteiger partial charge in [-0.05, 0) is 25.3 Å². The Morgan fingerprint density at radius 2 is 1.76 bits per heavy atom. The molecule has 0 radical (unpaired) electrons. The van der Waals surface area contributed by atoms with E-state index in [0.717, 1.165) is 16.5 Å². The Bertz CT molecular complexity index is 473. The van der Waals surface area contributed by atoms with Crippen molar-refractivity contribution in [2.45, 2.75) is 20.1 Å². The normalized spacial score (nSPS) is 11.2. The molecule has 0 spiro atoms. The summed E-state index contributed by atoms with van der Waals surface area (Å²) in [6.45, 7) is 5.12. The number of hydrogen-bond acceptors (Lipinski definition) is 3. The number of pyridine rings is 1. The third-order valence-electron chi connectivity index (χ3n) is 2.56. The summed E-state index contributed by atoms with van der Waals surface area (Å²) < 4.78 is 11.2. The second kappa shape index (κ2) is 5.75. The molecule has 17 heavy (non-hydrogen) atoms. The lowest BCUT2D eigenvalue weighted by Gasteiger charge is -2.17. The molecule has 3 heteroatoms. The van der Waals surface area contributed by atoms with E-state index in [-0.39, 0.29) is 6.29 Å². The highest BCUT2D eigenvalue weighted by molar-refractivity contribution is 5.84. The summed E-state index contributed by atoms with van der Waals surface area (Å²) in [5.74, 6) is 0. The molecule has 2 aromatic rings. The predicted octanol–water partition coefficient (Wildman–Crippen LogP) is 3.31. The van der Waals surface area contributed by atoms with E-state index in [1.54, 1.807) is 6.20 Å². The lowest BCUT2D eigenvalue weighted by molar-refractivity contribution is -0.141. The summed E-state index contributed by atoms with van der Waals surface area (Å²) in [5, 5.41) is 2.24. The van der Waals surface area contributed by atoms with Gasteiger partial charge in [-0.1, -0.05) is 24.3 Å². The van der Waals surface area contributed by atoms with Crippen LogP contribution in [0.5, 0.6) is 0 Å². The van der Waals surface area contributed by atoms with Crippen LogP contribution in [0.4, 0.5) is 0 Å². The Kier molecular flexibility index (Phi) is 4.07. The number of aromatic nitrogens is 1. The maximum Gasteiger partial charge on any atom is 0.201 e. The first-order valence-electron chi connectivity index (χ1n) is 5.93. The smallest absolute Gasteiger partial charge is 0.201 e. The van der Waals surface area contributed by atoms with E-state index in [4.69, 9.17) is 9.47 Å². The van der Waals surface area contributed by atoms with Gasteiger partial charge in [-0.25, -0.2) is 0 Å². The molecule has 0 atom stereocenters. The summed E-state index contributed by atoms with van der Waals surface area (Å²) in [6, 6.07) is 10.1. The van der Waals surface area contributed by atoms with Crippen molar-refractivity contribution in [3.8, 4) is 0 Å². The molecule has 0 N–H and O–H groups in total. The zero-order valence-corrected chi connectivity index (χ0v) is 10.2. The number of hydrogen-bond donors (Lipinski definition) is 0. The summed E-state index contributed by atoms with van der Waals surface area (Å²) in [5.41, 5.74) is 0.854. The first-order chi connectivity index (χ1) is 8.36. The van der Waals surface area contributed by atoms with Gasteiger partial charge in [0.05, 0.1) is 0 Å². The lowest BCUT2D eigenvalue weighted by Crippen LogP contribution is -2.11. The number of fused-ring (bicyclic) bond motifs is 1. The first kappa shape index (κ1) is 12.0. The van der Waals surface area contributed by atoms with Crippen molar-refractivity contribution in [2.75, 3.05) is 13.2 Å². The van der Waals surface area contributed by atoms with Gasteiger partial charge in [-0.3, -0.25) is 4.98 Å². The molecule has 0 aliphatic carbocycles. The van der Waals surface area contributed by atoms with Gasteiger partial charge in [0.1, 0.15) is 5.69 Å². The van der Waals surface area contributed by atoms with Gasteiger partial charge < -0.3 is 9.47 Å². The monoisotopic (exact) mass is 231 g/mol. The fraction of sp³-hybridized carbons (Fsp3) is 0.357. The molecule has 0 aliphatic rings. The van der Waals surface area contributed by atoms with Crippen LogP contribution in [0.3, 0.4) is 0 Å². The Balaban J connectivity index is 2.44. The van der Waals surface area contributed by atoms with Crippen LogP contribution in [0.25, 0.3) is 10.8 Å². The summed E-state index contributed by atoms with van der Waals surface area (Å²) >= 11 is 0. The van der Waals surface area contributed by atoms with Crippen molar-refractivity contribution in [1.82, 2.24) is 4.98 Å². The largest absolute Gasteiger partial charge is 0.347 e. The van der Waals surface area contributed by atoms with Gasteiger partial charge in [0.15, 0.2) is 0 Å². The Morgan fingerprint density at radius 1 is 1.06 bits per heavy atom. The molecule has 90 valence electrons. The average Bonchev–Trinajstić information content (AvgIpc) is 2.38. The number of ether oxygens (including phenoxy) is 2. The number of rotatable bonds is 5. The zero-order chi connectivity index (χ0) is 12.1. The van der Waals surface area contributed by atoms with Crippen LogP contribution in [-0.4, -0.2) is 18.2 Å². The van der Waals surface area contributed by atoms with Crippen LogP contribution in [-0.2, 0) is 9.47 Å². The standard InChI is InChI=1S/C14H17NO2/c1-3-16-14(17-4-2)13-12-8-6-5-7-11(12)9-10-15-13/h5-10,14H,3-4H2,1-2H3. The lowest BCUT2D eigenvalue weighted by atomic mass is 10.1. The molecule has 0 amide bonds. The molecule has 1 aromatic heterocycles. The van der Waals surface area contributed by atoms with E-state index in [1.807, 2.05) is 38.1 Å². The fourth-order valence-corrected chi connectivity index (χ4v) is 1.84. The van der Waals surface area contributed by atoms with Gasteiger partial charge in [0.25, 0.3) is 0 Å². The van der Waals surface area contributed by atoms with E-state index >= 15 is 0 Å². The number of nitrogens with zero attached hydrogens (tertiary/aromatic N) is 1. The molecule has 0 saturated heterocycles. The van der Waals surface area contributed by atoms with Crippen molar-refractivity contribution >= 4 is 10.8 Å². The van der Waals surface area contributed by atoms with Crippen LogP contribution in [0, 0.1) is 0 Å². The second-order valence-electron chi connectivity index (χ2n) is 3.66. The Hall–Kier alpha value is -1.45. The minimum Gasteiger partial charge on any atom is -0.347 e. The minimum absolute atomic E-state index is 0.379. The van der Waals surface area contributed by atoms with E-state index < -0.39 is 0 Å². The molecular weight excluding hydrogens is 214 g/mol. The van der Waals surface area contributed by atoms with E-state index in [0.29, 0.717) is 13.2 Å². The Labute approximate surface area is 101 Å². The molecule has 1 aromatic carbocycles. The molecule has 0 fully saturated rings. The van der Waals surface area contributed by atoms with Crippen molar-refractivity contribution < 1.29 is 9.47 Å². The van der Waals surface area contributed by atoms with Crippen molar-refractivity contribution in [2.24, 2.45) is 0 Å². The van der Waals surface area contributed by atoms with Gasteiger partial charge in [0, 0.05) is 24.8 Å². The van der Waals surface area contributed by atoms with Crippen molar-refractivity contribution in [3.05, 3.63) is 42.2 Å². The average molecular weight is 231 g/mol. The third kappa shape index (κ3) is 2.62. The van der Waals surface area contributed by atoms with E-state index in [2.05, 4.69) is 11.1 Å². The molecule has 0 aliphatic heterocycles. The van der Waals surface area contributed by atoms with E-state index in [9.17, 15) is 0 Å². The van der Waals surface area contributed by atoms with Crippen LogP contribution < -0.4 is 0 Å². The third-order valence-corrected chi connectivity index (χ3v) is 2.56. The molecule has 0 bridgehead atoms. The SMILES string of the molecule is CCOC(OCC)c1nccc2ccccc12. The molecular formula is C14H17NO2. The highest BCUT2D eigenvalue weighted by Gasteiger charge is 2.15. The van der Waals surface area contributed by atoms with Crippen LogP contribution in [0.2, 0.25) is 0 Å². The van der Waals surface area contributed by atoms with Gasteiger partial charge in [-0.15, -0.1) is 0 Å². The van der Waals surface area contributed by atoms with Crippen LogP contribution in [0.1, 0.15) is 25.8 Å². The molecule has 0 saturated carbocycles. The van der Waals surface area contributed by atoms with Crippen molar-refractivity contribution in [3.63, 3.8) is 0 Å². The molecule has 0 unspecified atom stereocenters. The maximum absolute atomic E-state index is 5.59. The minimum atomic E-state index is -0.379. The molecule has 2 rings (SSSR count). The molecule has 3 nitrogen and oxygen atoms in total. The van der Waals surface area contributed by atoms with Gasteiger partial charge in [0.2, 0.25) is 6.29 Å². The van der Waals surface area contributed by atoms with Crippen LogP contribution in [0.15, 0.2) is 36.5 Å². The molecule has 1 heterocycles. The first-order valence-corrected chi connectivity index (χ1v) is 5.93. The highest BCUT2D eigenvalue weighted by atomic mass is 16.7. The van der Waals surface area contributed by atoms with Gasteiger partial charge >= 0.3 is 0 Å². The van der Waals surface area contributed by atoms with Crippen LogP contribution >= 0.6 is 0 Å². The highest BCUT2D eigenvalue weighted by Crippen LogP contribution is 2.25. The second-order valence-corrected chi connectivity index (χ2v) is 3.66. The van der Waals surface area contributed by atoms with E-state index in [1.165, 1.54) is 0 Å². The quantitative estimate of drug-likeness (QED) is 0.740. The summed E-state index contributed by atoms with van der Waals surface area (Å²) in [4.78, 5) is 4.39. The summed E-state index contributed by atoms with van der Waals surface area (Å²) in [6.07, 6.45) is 1.42. The zero-order valence-electron chi connectivity index (χ0n) is 10.2. The topological polar surface area (TPSA) is 31.4 Å². The van der Waals surface area contributed by atoms with Crippen molar-refractivity contribution in [1.29, 1.82) is 0 Å². The fourth-order valence-electron chi connectivity index (χ4n) is 1.84. The number of benzene rings is 1. The maximum atomic E-state index is 5.59. The summed E-state index contributed by atoms with van der Waals surface area (Å²) in [7, 11) is 0. The predicted molar refractivity (Wildman–Crippen MR) is 67.7 cm³/mol.